The van der Waals surface area contributed by atoms with E-state index in [1.807, 2.05) is 13.0 Å². The van der Waals surface area contributed by atoms with Crippen LogP contribution in [0, 0.1) is 0 Å². The lowest BCUT2D eigenvalue weighted by Gasteiger charge is -2.08. The molecule has 3 rings (SSSR count). The van der Waals surface area contributed by atoms with Crippen molar-refractivity contribution < 1.29 is 14.3 Å². The fourth-order valence-corrected chi connectivity index (χ4v) is 2.88. The first-order chi connectivity index (χ1) is 13.5. The average Bonchev–Trinajstić information content (AvgIpc) is 2.72. The Morgan fingerprint density at radius 3 is 2.68 bits per heavy atom. The summed E-state index contributed by atoms with van der Waals surface area (Å²) in [7, 11) is 1.30. The molecular weight excluding hydrogens is 426 g/mol. The van der Waals surface area contributed by atoms with E-state index in [1.54, 1.807) is 42.6 Å². The highest BCUT2D eigenvalue weighted by Crippen LogP contribution is 2.16. The summed E-state index contributed by atoms with van der Waals surface area (Å²) >= 11 is 3.38. The maximum Gasteiger partial charge on any atom is 0.343 e. The van der Waals surface area contributed by atoms with E-state index in [-0.39, 0.29) is 12.2 Å². The molecule has 28 heavy (non-hydrogen) atoms. The number of esters is 1. The van der Waals surface area contributed by atoms with Gasteiger partial charge in [-0.15, -0.1) is 0 Å². The van der Waals surface area contributed by atoms with Gasteiger partial charge >= 0.3 is 5.97 Å². The van der Waals surface area contributed by atoms with Crippen molar-refractivity contribution in [3.63, 3.8) is 0 Å². The lowest BCUT2D eigenvalue weighted by atomic mass is 10.2. The van der Waals surface area contributed by atoms with E-state index >= 15 is 0 Å². The number of rotatable bonds is 6. The number of aryl methyl sites for hydroxylation is 1. The van der Waals surface area contributed by atoms with Crippen LogP contribution < -0.4 is 10.3 Å². The van der Waals surface area contributed by atoms with Crippen LogP contribution >= 0.6 is 15.9 Å². The van der Waals surface area contributed by atoms with Gasteiger partial charge in [-0.3, -0.25) is 4.79 Å². The van der Waals surface area contributed by atoms with E-state index in [2.05, 4.69) is 30.8 Å². The molecule has 1 aromatic heterocycles. The molecular formula is C20H18BrN3O4. The maximum atomic E-state index is 12.8. The van der Waals surface area contributed by atoms with Crippen molar-refractivity contribution in [1.29, 1.82) is 0 Å². The molecule has 0 unspecified atom stereocenters. The fraction of sp³-hybridized carbons (Fsp3) is 0.200. The summed E-state index contributed by atoms with van der Waals surface area (Å²) in [6.45, 7) is 1.77. The van der Waals surface area contributed by atoms with Gasteiger partial charge in [-0.05, 0) is 48.0 Å². The Morgan fingerprint density at radius 2 is 2.00 bits per heavy atom. The molecule has 8 heteroatoms. The number of carbonyl (C=O) groups is 1. The first kappa shape index (κ1) is 19.8. The van der Waals surface area contributed by atoms with Gasteiger partial charge in [-0.2, -0.15) is 9.78 Å². The minimum Gasteiger partial charge on any atom is -0.482 e. The summed E-state index contributed by atoms with van der Waals surface area (Å²) in [4.78, 5) is 28.5. The zero-order chi connectivity index (χ0) is 20.1. The Hall–Kier alpha value is -3.00. The van der Waals surface area contributed by atoms with E-state index in [0.717, 1.165) is 10.0 Å². The number of ether oxygens (including phenoxy) is 2. The number of halogens is 1. The molecule has 0 radical (unpaired) electrons. The van der Waals surface area contributed by atoms with Crippen LogP contribution in [0.15, 0.2) is 56.8 Å². The Morgan fingerprint density at radius 1 is 1.25 bits per heavy atom. The number of fused-ring (bicyclic) bond motifs is 1. The van der Waals surface area contributed by atoms with Crippen molar-refractivity contribution in [2.75, 3.05) is 13.7 Å². The Kier molecular flexibility index (Phi) is 6.20. The highest BCUT2D eigenvalue weighted by atomic mass is 79.9. The molecule has 0 spiro atoms. The molecule has 3 aromatic rings. The number of hydrogen-bond acceptors (Lipinski definition) is 6. The van der Waals surface area contributed by atoms with Crippen LogP contribution in [0.4, 0.5) is 0 Å². The van der Waals surface area contributed by atoms with Crippen LogP contribution in [0.3, 0.4) is 0 Å². The third-order valence-electron chi connectivity index (χ3n) is 3.98. The van der Waals surface area contributed by atoms with E-state index in [9.17, 15) is 9.59 Å². The van der Waals surface area contributed by atoms with Crippen molar-refractivity contribution in [1.82, 2.24) is 9.66 Å². The van der Waals surface area contributed by atoms with Crippen molar-refractivity contribution in [3.05, 3.63) is 68.7 Å². The van der Waals surface area contributed by atoms with Crippen LogP contribution in [0.1, 0.15) is 18.3 Å². The van der Waals surface area contributed by atoms with Crippen LogP contribution in [-0.4, -0.2) is 35.6 Å². The van der Waals surface area contributed by atoms with Gasteiger partial charge in [0, 0.05) is 10.9 Å². The highest BCUT2D eigenvalue weighted by Gasteiger charge is 2.09. The average molecular weight is 444 g/mol. The summed E-state index contributed by atoms with van der Waals surface area (Å²) in [5.41, 5.74) is 1.19. The standard InChI is InChI=1S/C20H18BrN3O4/c1-3-18-23-17-9-6-14(21)10-16(17)20(26)24(18)22-11-13-4-7-15(8-5-13)28-12-19(25)27-2/h4-11H,3,12H2,1-2H3. The van der Waals surface area contributed by atoms with Crippen LogP contribution in [0.5, 0.6) is 5.75 Å². The third kappa shape index (κ3) is 4.45. The van der Waals surface area contributed by atoms with Gasteiger partial charge in [0.15, 0.2) is 6.61 Å². The molecule has 144 valence electrons. The zero-order valence-electron chi connectivity index (χ0n) is 15.4. The van der Waals surface area contributed by atoms with Crippen LogP contribution in [-0.2, 0) is 16.0 Å². The van der Waals surface area contributed by atoms with Gasteiger partial charge < -0.3 is 9.47 Å². The number of hydrogen-bond donors (Lipinski definition) is 0. The molecule has 0 atom stereocenters. The SMILES string of the molecule is CCc1nc2ccc(Br)cc2c(=O)n1N=Cc1ccc(OCC(=O)OC)cc1. The van der Waals surface area contributed by atoms with Gasteiger partial charge in [-0.1, -0.05) is 22.9 Å². The zero-order valence-corrected chi connectivity index (χ0v) is 17.0. The summed E-state index contributed by atoms with van der Waals surface area (Å²) in [5, 5.41) is 4.83. The number of benzene rings is 2. The molecule has 1 heterocycles. The minimum atomic E-state index is -0.451. The lowest BCUT2D eigenvalue weighted by molar-refractivity contribution is -0.142. The molecule has 2 aromatic carbocycles. The quantitative estimate of drug-likeness (QED) is 0.431. The summed E-state index contributed by atoms with van der Waals surface area (Å²) < 4.78 is 12.0. The van der Waals surface area contributed by atoms with Gasteiger partial charge in [-0.25, -0.2) is 9.78 Å². The van der Waals surface area contributed by atoms with Crippen molar-refractivity contribution in [2.24, 2.45) is 5.10 Å². The summed E-state index contributed by atoms with van der Waals surface area (Å²) in [5.74, 6) is 0.660. The summed E-state index contributed by atoms with van der Waals surface area (Å²) in [6.07, 6.45) is 2.15. The number of methoxy groups -OCH3 is 1. The Balaban J connectivity index is 1.87. The van der Waals surface area contributed by atoms with Crippen LogP contribution in [0.2, 0.25) is 0 Å². The molecule has 0 saturated carbocycles. The second-order valence-corrected chi connectivity index (χ2v) is 6.75. The Bertz CT molecular complexity index is 1090. The topological polar surface area (TPSA) is 82.8 Å². The molecule has 0 fully saturated rings. The number of carbonyl (C=O) groups excluding carboxylic acids is 1. The number of aromatic nitrogens is 2. The maximum absolute atomic E-state index is 12.8. The third-order valence-corrected chi connectivity index (χ3v) is 4.47. The molecule has 0 aliphatic carbocycles. The second kappa shape index (κ2) is 8.79. The molecule has 0 aliphatic rings. The van der Waals surface area contributed by atoms with Gasteiger partial charge in [0.05, 0.1) is 24.2 Å². The molecule has 0 amide bonds. The fourth-order valence-electron chi connectivity index (χ4n) is 2.52. The monoisotopic (exact) mass is 443 g/mol. The molecule has 0 bridgehead atoms. The molecule has 7 nitrogen and oxygen atoms in total. The summed E-state index contributed by atoms with van der Waals surface area (Å²) in [6, 6.07) is 12.4. The van der Waals surface area contributed by atoms with Crippen molar-refractivity contribution in [2.45, 2.75) is 13.3 Å². The normalized spacial score (nSPS) is 11.1. The predicted octanol–water partition coefficient (Wildman–Crippen LogP) is 3.16. The van der Waals surface area contributed by atoms with Crippen molar-refractivity contribution in [3.8, 4) is 5.75 Å². The smallest absolute Gasteiger partial charge is 0.343 e. The number of nitrogens with zero attached hydrogens (tertiary/aromatic N) is 3. The minimum absolute atomic E-state index is 0.155. The van der Waals surface area contributed by atoms with E-state index < -0.39 is 5.97 Å². The van der Waals surface area contributed by atoms with E-state index in [4.69, 9.17) is 4.74 Å². The Labute approximate surface area is 169 Å². The van der Waals surface area contributed by atoms with Gasteiger partial charge in [0.25, 0.3) is 5.56 Å². The first-order valence-electron chi connectivity index (χ1n) is 8.57. The second-order valence-electron chi connectivity index (χ2n) is 5.84. The first-order valence-corrected chi connectivity index (χ1v) is 9.36. The highest BCUT2D eigenvalue weighted by molar-refractivity contribution is 9.10. The van der Waals surface area contributed by atoms with Gasteiger partial charge in [0.2, 0.25) is 0 Å². The van der Waals surface area contributed by atoms with Gasteiger partial charge in [0.1, 0.15) is 11.6 Å². The van der Waals surface area contributed by atoms with E-state index in [0.29, 0.717) is 28.9 Å². The lowest BCUT2D eigenvalue weighted by Crippen LogP contribution is -2.22. The predicted molar refractivity (Wildman–Crippen MR) is 110 cm³/mol. The van der Waals surface area contributed by atoms with Crippen LogP contribution in [0.25, 0.3) is 10.9 Å². The molecule has 0 aliphatic heterocycles. The molecule has 0 saturated heterocycles. The van der Waals surface area contributed by atoms with Crippen molar-refractivity contribution >= 4 is 39.0 Å². The van der Waals surface area contributed by atoms with E-state index in [1.165, 1.54) is 11.8 Å². The largest absolute Gasteiger partial charge is 0.482 e. The molecule has 0 N–H and O–H groups in total.